The molecule has 2 aromatic carbocycles. The molecule has 3 aliphatic rings. The van der Waals surface area contributed by atoms with Crippen LogP contribution in [-0.2, 0) is 19.3 Å². The molecule has 0 aromatic heterocycles. The van der Waals surface area contributed by atoms with E-state index in [1.165, 1.54) is 25.3 Å². The van der Waals surface area contributed by atoms with E-state index < -0.39 is 20.9 Å². The summed E-state index contributed by atoms with van der Waals surface area (Å²) in [6.45, 7) is 8.37. The van der Waals surface area contributed by atoms with Gasteiger partial charge in [-0.1, -0.05) is 69.4 Å². The number of hydrogen-bond donors (Lipinski definition) is 1. The molecule has 1 saturated carbocycles. The third-order valence-electron chi connectivity index (χ3n) is 9.58. The minimum atomic E-state index is -3.71. The van der Waals surface area contributed by atoms with Gasteiger partial charge in [0.2, 0.25) is 0 Å². The van der Waals surface area contributed by atoms with Crippen molar-refractivity contribution in [1.82, 2.24) is 0 Å². The Bertz CT molecular complexity index is 1470. The molecular weight excluding hydrogens is 698 g/mol. The minimum Gasteiger partial charge on any atom is -0.429 e. The summed E-state index contributed by atoms with van der Waals surface area (Å²) in [7, 11) is -2.05. The Morgan fingerprint density at radius 1 is 1.07 bits per heavy atom. The topological polar surface area (TPSA) is 76.1 Å². The third kappa shape index (κ3) is 7.92. The van der Waals surface area contributed by atoms with Crippen molar-refractivity contribution in [2.24, 2.45) is 17.8 Å². The Hall–Kier alpha value is -0.598. The van der Waals surface area contributed by atoms with E-state index in [2.05, 4.69) is 30.1 Å². The van der Waals surface area contributed by atoms with Crippen LogP contribution in [0.1, 0.15) is 63.5 Å². The zero-order valence-electron chi connectivity index (χ0n) is 26.8. The van der Waals surface area contributed by atoms with Gasteiger partial charge in [-0.15, -0.1) is 5.56 Å². The van der Waals surface area contributed by atoms with Crippen LogP contribution in [0.15, 0.2) is 59.2 Å². The third-order valence-corrected chi connectivity index (χ3v) is 11.8. The van der Waals surface area contributed by atoms with Crippen LogP contribution < -0.4 is 73.8 Å². The number of methoxy groups -OCH3 is 1. The molecule has 1 heterocycles. The number of rotatable bonds is 8. The van der Waals surface area contributed by atoms with E-state index in [-0.39, 0.29) is 97.3 Å². The second-order valence-electron chi connectivity index (χ2n) is 12.5. The van der Waals surface area contributed by atoms with Gasteiger partial charge in [0.25, 0.3) is 0 Å². The van der Waals surface area contributed by atoms with Crippen molar-refractivity contribution >= 4 is 15.5 Å². The molecule has 9 heteroatoms. The summed E-state index contributed by atoms with van der Waals surface area (Å²) in [6.07, 6.45) is 12.7. The van der Waals surface area contributed by atoms with E-state index in [1.54, 1.807) is 25.3 Å². The predicted molar refractivity (Wildman–Crippen MR) is 169 cm³/mol. The van der Waals surface area contributed by atoms with Crippen LogP contribution in [0.4, 0.5) is 10.1 Å². The van der Waals surface area contributed by atoms with Gasteiger partial charge >= 0.3 is 68.9 Å². The largest absolute Gasteiger partial charge is 1.00 e. The molecule has 0 radical (unpaired) electrons. The fraction of sp³-hybridized carbons (Fsp3) is 0.514. The fourth-order valence-electron chi connectivity index (χ4n) is 6.98. The maximum absolute atomic E-state index is 14.4. The van der Waals surface area contributed by atoms with Crippen molar-refractivity contribution in [1.29, 1.82) is 0 Å². The zero-order chi connectivity index (χ0) is 30.7. The molecule has 0 amide bonds. The van der Waals surface area contributed by atoms with Crippen LogP contribution in [-0.4, -0.2) is 51.7 Å². The van der Waals surface area contributed by atoms with Gasteiger partial charge < -0.3 is 19.5 Å². The Labute approximate surface area is 321 Å². The molecule has 4 atom stereocenters. The summed E-state index contributed by atoms with van der Waals surface area (Å²) in [5.41, 5.74) is 3.89. The Balaban J connectivity index is 0.00000442. The number of benzene rings is 2. The van der Waals surface area contributed by atoms with Crippen molar-refractivity contribution in [2.75, 3.05) is 31.8 Å². The Morgan fingerprint density at radius 3 is 2.52 bits per heavy atom. The van der Waals surface area contributed by atoms with Gasteiger partial charge in [0, 0.05) is 31.1 Å². The van der Waals surface area contributed by atoms with Crippen molar-refractivity contribution in [2.45, 2.75) is 75.5 Å². The van der Waals surface area contributed by atoms with Gasteiger partial charge in [-0.25, -0.2) is 8.42 Å². The van der Waals surface area contributed by atoms with Crippen molar-refractivity contribution in [3.63, 3.8) is 0 Å². The molecule has 5 rings (SSSR count). The van der Waals surface area contributed by atoms with Gasteiger partial charge in [0.05, 0.1) is 35.2 Å². The summed E-state index contributed by atoms with van der Waals surface area (Å²) in [6, 6.07) is 8.20. The van der Waals surface area contributed by atoms with Gasteiger partial charge in [0.15, 0.2) is 9.84 Å². The number of aliphatic hydroxyl groups excluding tert-OH is 1. The maximum atomic E-state index is 14.4. The first-order valence-corrected chi connectivity index (χ1v) is 17.1. The number of fused-ring (bicyclic) bond motifs is 1. The molecule has 234 valence electrons. The number of ether oxygens (including phenoxy) is 2. The van der Waals surface area contributed by atoms with Crippen LogP contribution in [0, 0.1) is 37.1 Å². The minimum absolute atomic E-state index is 0. The predicted octanol–water partition coefficient (Wildman–Crippen LogP) is 4.38. The molecule has 1 aliphatic heterocycles. The normalized spacial score (nSPS) is 25.3. The number of aliphatic hydroxyl groups is 1. The first-order valence-electron chi connectivity index (χ1n) is 15.6. The molecule has 44 heavy (non-hydrogen) atoms. The van der Waals surface area contributed by atoms with Gasteiger partial charge in [-0.05, 0) is 67.5 Å². The molecule has 1 fully saturated rings. The van der Waals surface area contributed by atoms with E-state index >= 15 is 0 Å². The van der Waals surface area contributed by atoms with E-state index in [4.69, 9.17) is 9.47 Å². The molecule has 2 aromatic rings. The SMILES string of the molecule is COCCOC1C=C(N2C[C@@H](C3CCCCC3)CC(C)S(=O)(=O)c3cc(-c4ccc(F)c([CH-]O)c4)c(C)cc32)C=CC1C.[Cs+]. The zero-order valence-corrected chi connectivity index (χ0v) is 33.9. The average molecular weight is 744 g/mol. The number of anilines is 1. The molecule has 0 saturated heterocycles. The molecule has 2 aliphatic carbocycles. The standard InChI is InChI=1S/C35H45FNO5S.Cs/c1-23-10-12-30(19-34(23)42-15-14-41-4)37-21-28(26-8-6-5-7-9-26)17-25(3)43(39,40)35-20-31(24(2)16-33(35)37)27-11-13-32(36)29(18-27)22-38;/h10-13,16,18-20,22-23,25-26,28,34,38H,5-9,14-15,17,21H2,1-4H3;/q-1;+1/t23?,25?,28-,34?;/m0./s1. The van der Waals surface area contributed by atoms with Crippen molar-refractivity contribution < 1.29 is 96.3 Å². The monoisotopic (exact) mass is 743 g/mol. The van der Waals surface area contributed by atoms with Crippen molar-refractivity contribution in [3.05, 3.63) is 77.8 Å². The summed E-state index contributed by atoms with van der Waals surface area (Å²) < 4.78 is 54.4. The fourth-order valence-corrected chi connectivity index (χ4v) is 8.66. The molecule has 1 N–H and O–H groups in total. The molecule has 6 nitrogen and oxygen atoms in total. The summed E-state index contributed by atoms with van der Waals surface area (Å²) in [5, 5.41) is 9.02. The Morgan fingerprint density at radius 2 is 1.82 bits per heavy atom. The second kappa shape index (κ2) is 16.0. The number of nitrogens with zero attached hydrogens (tertiary/aromatic N) is 1. The van der Waals surface area contributed by atoms with Crippen LogP contribution in [0.25, 0.3) is 11.1 Å². The smallest absolute Gasteiger partial charge is 0.429 e. The van der Waals surface area contributed by atoms with Crippen LogP contribution in [0.2, 0.25) is 0 Å². The van der Waals surface area contributed by atoms with Crippen molar-refractivity contribution in [3.8, 4) is 11.1 Å². The number of halogens is 1. The molecule has 0 spiro atoms. The maximum Gasteiger partial charge on any atom is 1.00 e. The Kier molecular flexibility index (Phi) is 13.2. The summed E-state index contributed by atoms with van der Waals surface area (Å²) >= 11 is 0. The van der Waals surface area contributed by atoms with Gasteiger partial charge in [-0.2, -0.15) is 6.07 Å². The van der Waals surface area contributed by atoms with Crippen LogP contribution >= 0.6 is 0 Å². The van der Waals surface area contributed by atoms with E-state index in [0.717, 1.165) is 37.3 Å². The van der Waals surface area contributed by atoms with E-state index in [1.807, 2.05) is 19.9 Å². The summed E-state index contributed by atoms with van der Waals surface area (Å²) in [5.74, 6) is 0.361. The summed E-state index contributed by atoms with van der Waals surface area (Å²) in [4.78, 5) is 2.49. The quantitative estimate of drug-likeness (QED) is 0.320. The van der Waals surface area contributed by atoms with Gasteiger partial charge in [0.1, 0.15) is 0 Å². The van der Waals surface area contributed by atoms with E-state index in [0.29, 0.717) is 42.4 Å². The number of allylic oxidation sites excluding steroid dienone is 1. The first-order chi connectivity index (χ1) is 20.6. The molecule has 0 bridgehead atoms. The van der Waals surface area contributed by atoms with Gasteiger partial charge in [-0.3, -0.25) is 4.39 Å². The van der Waals surface area contributed by atoms with Crippen LogP contribution in [0.5, 0.6) is 0 Å². The number of aryl methyl sites for hydroxylation is 1. The first kappa shape index (κ1) is 36.2. The number of sulfone groups is 1. The van der Waals surface area contributed by atoms with Crippen LogP contribution in [0.3, 0.4) is 0 Å². The molecule has 3 unspecified atom stereocenters. The molecular formula is C35H45CsFNO5S. The average Bonchev–Trinajstić information content (AvgIpc) is 3.00. The van der Waals surface area contributed by atoms with E-state index in [9.17, 15) is 17.9 Å². The number of hydrogen-bond acceptors (Lipinski definition) is 6. The second-order valence-corrected chi connectivity index (χ2v) is 14.8.